The summed E-state index contributed by atoms with van der Waals surface area (Å²) in [7, 11) is 1.08. The first-order valence-corrected chi connectivity index (χ1v) is 11.5. The van der Waals surface area contributed by atoms with E-state index in [0.717, 1.165) is 34.3 Å². The Kier molecular flexibility index (Phi) is 8.81. The average molecular weight is 520 g/mol. The third-order valence-corrected chi connectivity index (χ3v) is 5.36. The Labute approximate surface area is 211 Å². The quantitative estimate of drug-likeness (QED) is 0.355. The van der Waals surface area contributed by atoms with Gasteiger partial charge in [-0.05, 0) is 18.6 Å². The summed E-state index contributed by atoms with van der Waals surface area (Å²) in [5.41, 5.74) is 0.339. The Morgan fingerprint density at radius 2 is 1.62 bits per heavy atom. The van der Waals surface area contributed by atoms with Crippen LogP contribution in [0.5, 0.6) is 5.75 Å². The Bertz CT molecular complexity index is 1240. The molecule has 0 radical (unpaired) electrons. The van der Waals surface area contributed by atoms with Crippen molar-refractivity contribution in [2.45, 2.75) is 71.2 Å². The number of aromatic nitrogens is 2. The molecule has 2 unspecified atom stereocenters. The minimum absolute atomic E-state index is 0.0425. The number of ether oxygens (including phenoxy) is 6. The van der Waals surface area contributed by atoms with Gasteiger partial charge in [-0.25, -0.2) is 9.78 Å². The van der Waals surface area contributed by atoms with Crippen LogP contribution in [0.1, 0.15) is 39.7 Å². The van der Waals surface area contributed by atoms with Crippen LogP contribution in [0.4, 0.5) is 0 Å². The molecule has 0 amide bonds. The largest absolute Gasteiger partial charge is 0.467 e. The third-order valence-electron chi connectivity index (χ3n) is 5.36. The zero-order valence-electron chi connectivity index (χ0n) is 21.0. The van der Waals surface area contributed by atoms with Crippen LogP contribution in [0.3, 0.4) is 0 Å². The minimum Gasteiger partial charge on any atom is -0.467 e. The number of carbonyl (C=O) groups is 4. The summed E-state index contributed by atoms with van der Waals surface area (Å²) in [6.45, 7) is 5.20. The lowest BCUT2D eigenvalue weighted by atomic mass is 9.97. The normalized spacial score (nSPS) is 23.1. The number of hydrogen-bond donors (Lipinski definition) is 0. The molecule has 1 aliphatic rings. The number of carbonyl (C=O) groups excluding carboxylic acids is 4. The molecule has 1 aliphatic heterocycles. The van der Waals surface area contributed by atoms with E-state index >= 15 is 0 Å². The molecule has 1 fully saturated rings. The number of esters is 4. The van der Waals surface area contributed by atoms with Gasteiger partial charge in [0.05, 0.1) is 7.11 Å². The highest BCUT2D eigenvalue weighted by atomic mass is 16.7. The van der Waals surface area contributed by atoms with E-state index in [1.165, 1.54) is 28.9 Å². The van der Waals surface area contributed by atoms with Crippen molar-refractivity contribution in [2.75, 3.05) is 7.11 Å². The summed E-state index contributed by atoms with van der Waals surface area (Å²) in [5.74, 6) is -3.35. The summed E-state index contributed by atoms with van der Waals surface area (Å²) in [6.07, 6.45) is -3.47. The molecule has 37 heavy (non-hydrogen) atoms. The first-order valence-electron chi connectivity index (χ1n) is 11.5. The lowest BCUT2D eigenvalue weighted by Gasteiger charge is -2.43. The van der Waals surface area contributed by atoms with Crippen LogP contribution in [0.15, 0.2) is 29.3 Å². The number of nitrogens with zero attached hydrogens (tertiary/aromatic N) is 2. The van der Waals surface area contributed by atoms with Crippen LogP contribution >= 0.6 is 0 Å². The van der Waals surface area contributed by atoms with E-state index in [1.807, 2.05) is 6.92 Å². The summed E-state index contributed by atoms with van der Waals surface area (Å²) in [6, 6.07) is 3.02. The molecule has 1 saturated heterocycles. The van der Waals surface area contributed by atoms with Gasteiger partial charge in [0, 0.05) is 38.7 Å². The van der Waals surface area contributed by atoms with E-state index < -0.39 is 54.6 Å². The molecule has 0 spiro atoms. The van der Waals surface area contributed by atoms with Gasteiger partial charge in [0.1, 0.15) is 0 Å². The molecule has 0 aromatic carbocycles. The van der Waals surface area contributed by atoms with E-state index in [0.29, 0.717) is 12.0 Å². The number of methoxy groups -OCH3 is 1. The molecular weight excluding hydrogens is 492 g/mol. The number of rotatable bonds is 8. The predicted octanol–water partition coefficient (Wildman–Crippen LogP) is 0.719. The van der Waals surface area contributed by atoms with Crippen molar-refractivity contribution >= 4 is 29.5 Å². The van der Waals surface area contributed by atoms with Crippen molar-refractivity contribution in [1.29, 1.82) is 0 Å². The van der Waals surface area contributed by atoms with Crippen LogP contribution in [-0.2, 0) is 49.3 Å². The van der Waals surface area contributed by atoms with Gasteiger partial charge in [-0.3, -0.25) is 23.6 Å². The maximum Gasteiger partial charge on any atom is 0.339 e. The molecule has 5 atom stereocenters. The molecule has 0 N–H and O–H groups in total. The van der Waals surface area contributed by atoms with E-state index in [2.05, 4.69) is 4.98 Å². The first kappa shape index (κ1) is 27.6. The molecule has 2 aromatic heterocycles. The Balaban J connectivity index is 2.10. The van der Waals surface area contributed by atoms with E-state index in [1.54, 1.807) is 0 Å². The second-order valence-electron chi connectivity index (χ2n) is 8.19. The van der Waals surface area contributed by atoms with Crippen molar-refractivity contribution in [1.82, 2.24) is 9.38 Å². The Morgan fingerprint density at radius 1 is 1.00 bits per heavy atom. The maximum absolute atomic E-state index is 12.9. The SMILES string of the molecule is CCCc1cnc2c(O[C@@H]3OC(C(=O)OC)[C@@H](OC(C)=O)C(OC(C)=O)[C@@H]3OC(C)=O)cccn2c1=O. The van der Waals surface area contributed by atoms with Gasteiger partial charge in [-0.2, -0.15) is 0 Å². The summed E-state index contributed by atoms with van der Waals surface area (Å²) in [5, 5.41) is 0. The van der Waals surface area contributed by atoms with Gasteiger partial charge in [0.15, 0.2) is 29.7 Å². The monoisotopic (exact) mass is 520 g/mol. The number of aryl methyl sites for hydroxylation is 1. The van der Waals surface area contributed by atoms with Gasteiger partial charge < -0.3 is 28.4 Å². The number of hydrogen-bond acceptors (Lipinski definition) is 12. The van der Waals surface area contributed by atoms with E-state index in [4.69, 9.17) is 28.4 Å². The Hall–Kier alpha value is -4.00. The molecule has 13 heteroatoms. The zero-order chi connectivity index (χ0) is 27.3. The smallest absolute Gasteiger partial charge is 0.339 e. The van der Waals surface area contributed by atoms with Crippen molar-refractivity contribution in [3.05, 3.63) is 40.4 Å². The predicted molar refractivity (Wildman–Crippen MR) is 123 cm³/mol. The van der Waals surface area contributed by atoms with Crippen molar-refractivity contribution < 1.29 is 47.6 Å². The van der Waals surface area contributed by atoms with Crippen LogP contribution in [-0.4, -0.2) is 71.1 Å². The highest BCUT2D eigenvalue weighted by molar-refractivity contribution is 5.77. The third kappa shape index (κ3) is 6.23. The highest BCUT2D eigenvalue weighted by Gasteiger charge is 2.56. The molecule has 2 aromatic rings. The fourth-order valence-corrected chi connectivity index (χ4v) is 3.95. The van der Waals surface area contributed by atoms with E-state index in [-0.39, 0.29) is 17.0 Å². The van der Waals surface area contributed by atoms with Gasteiger partial charge >= 0.3 is 23.9 Å². The number of pyridine rings is 1. The lowest BCUT2D eigenvalue weighted by molar-refractivity contribution is -0.282. The van der Waals surface area contributed by atoms with Crippen LogP contribution in [0.2, 0.25) is 0 Å². The fourth-order valence-electron chi connectivity index (χ4n) is 3.95. The first-order chi connectivity index (χ1) is 17.6. The van der Waals surface area contributed by atoms with Gasteiger partial charge in [-0.15, -0.1) is 0 Å². The van der Waals surface area contributed by atoms with Crippen molar-refractivity contribution in [3.63, 3.8) is 0 Å². The van der Waals surface area contributed by atoms with Gasteiger partial charge in [0.2, 0.25) is 12.4 Å². The van der Waals surface area contributed by atoms with Crippen LogP contribution < -0.4 is 10.3 Å². The van der Waals surface area contributed by atoms with E-state index in [9.17, 15) is 24.0 Å². The van der Waals surface area contributed by atoms with Crippen molar-refractivity contribution in [2.24, 2.45) is 0 Å². The minimum atomic E-state index is -1.61. The molecule has 13 nitrogen and oxygen atoms in total. The second kappa shape index (κ2) is 11.8. The molecule has 0 aliphatic carbocycles. The molecule has 0 saturated carbocycles. The Morgan fingerprint density at radius 3 is 2.22 bits per heavy atom. The van der Waals surface area contributed by atoms with Crippen LogP contribution in [0.25, 0.3) is 5.65 Å². The summed E-state index contributed by atoms with van der Waals surface area (Å²) >= 11 is 0. The molecule has 3 heterocycles. The van der Waals surface area contributed by atoms with Crippen LogP contribution in [0, 0.1) is 0 Å². The fraction of sp³-hybridized carbons (Fsp3) is 0.500. The summed E-state index contributed by atoms with van der Waals surface area (Å²) < 4.78 is 33.7. The second-order valence-corrected chi connectivity index (χ2v) is 8.19. The summed E-state index contributed by atoms with van der Waals surface area (Å²) in [4.78, 5) is 65.5. The highest BCUT2D eigenvalue weighted by Crippen LogP contribution is 2.32. The van der Waals surface area contributed by atoms with Gasteiger partial charge in [0.25, 0.3) is 5.56 Å². The average Bonchev–Trinajstić information content (AvgIpc) is 2.83. The topological polar surface area (TPSA) is 158 Å². The van der Waals surface area contributed by atoms with Gasteiger partial charge in [-0.1, -0.05) is 13.3 Å². The molecule has 3 rings (SSSR count). The zero-order valence-corrected chi connectivity index (χ0v) is 21.0. The van der Waals surface area contributed by atoms with Crippen molar-refractivity contribution in [3.8, 4) is 5.75 Å². The molecule has 200 valence electrons. The number of fused-ring (bicyclic) bond motifs is 1. The maximum atomic E-state index is 12.9. The standard InChI is InChI=1S/C24H28N2O11/c1-6-8-15-11-25-21-16(9-7-10-26(21)22(15)30)36-24-20(35-14(4)29)18(34-13(3)28)17(33-12(2)27)19(37-24)23(31)32-5/h7,9-11,17-20,24H,6,8H2,1-5H3/t17-,18?,19?,20-,24+/m0/s1. The lowest BCUT2D eigenvalue weighted by Crippen LogP contribution is -2.64. The molecular formula is C24H28N2O11. The molecule has 0 bridgehead atoms.